The van der Waals surface area contributed by atoms with Crippen LogP contribution >= 0.6 is 0 Å². The van der Waals surface area contributed by atoms with Crippen molar-refractivity contribution in [1.29, 1.82) is 0 Å². The maximum atomic E-state index is 6.32. The van der Waals surface area contributed by atoms with Gasteiger partial charge in [-0.3, -0.25) is 0 Å². The summed E-state index contributed by atoms with van der Waals surface area (Å²) in [6.45, 7) is 2.44. The minimum absolute atomic E-state index is 0.465. The number of fused-ring (bicyclic) bond motifs is 10. The molecule has 3 nitrogen and oxygen atoms in total. The van der Waals surface area contributed by atoms with Gasteiger partial charge in [-0.05, 0) is 124 Å². The number of benzene rings is 7. The highest BCUT2D eigenvalue weighted by Crippen LogP contribution is 2.54. The van der Waals surface area contributed by atoms with Crippen LogP contribution in [0.2, 0.25) is 0 Å². The van der Waals surface area contributed by atoms with Crippen molar-refractivity contribution in [2.24, 2.45) is 11.8 Å². The highest BCUT2D eigenvalue weighted by Gasteiger charge is 2.38. The second kappa shape index (κ2) is 11.2. The highest BCUT2D eigenvalue weighted by atomic mass is 16.3. The van der Waals surface area contributed by atoms with Crippen LogP contribution in [-0.2, 0) is 0 Å². The van der Waals surface area contributed by atoms with Gasteiger partial charge in [0, 0.05) is 50.2 Å². The van der Waals surface area contributed by atoms with Crippen molar-refractivity contribution in [3.05, 3.63) is 185 Å². The molecule has 0 spiro atoms. The SMILES string of the molecule is CC1CCC2C=c3ccccc3=C3C2=C1c1cc(N(c2ccc4oc5ccccc5c4c2)c2ccc4c5ccccc5n(-c5ccccc5)c4c2)ccc13. The number of rotatable bonds is 4. The van der Waals surface area contributed by atoms with Crippen LogP contribution in [-0.4, -0.2) is 4.57 Å². The van der Waals surface area contributed by atoms with Crippen LogP contribution in [0.4, 0.5) is 17.1 Å². The minimum atomic E-state index is 0.465. The third-order valence-corrected chi connectivity index (χ3v) is 12.3. The molecule has 0 amide bonds. The fourth-order valence-corrected chi connectivity index (χ4v) is 9.97. The van der Waals surface area contributed by atoms with E-state index in [0.717, 1.165) is 44.7 Å². The molecule has 0 saturated carbocycles. The van der Waals surface area contributed by atoms with Gasteiger partial charge in [0.05, 0.1) is 11.0 Å². The Kier molecular flexibility index (Phi) is 6.22. The summed E-state index contributed by atoms with van der Waals surface area (Å²) in [6, 6.07) is 57.8. The van der Waals surface area contributed by atoms with Gasteiger partial charge < -0.3 is 13.9 Å². The second-order valence-electron chi connectivity index (χ2n) is 15.3. The molecular formula is C51H36N2O. The van der Waals surface area contributed by atoms with Gasteiger partial charge in [-0.15, -0.1) is 0 Å². The molecular weight excluding hydrogens is 657 g/mol. The van der Waals surface area contributed by atoms with E-state index >= 15 is 0 Å². The van der Waals surface area contributed by atoms with E-state index in [-0.39, 0.29) is 0 Å². The van der Waals surface area contributed by atoms with Crippen molar-refractivity contribution in [1.82, 2.24) is 4.57 Å². The number of para-hydroxylation sites is 3. The van der Waals surface area contributed by atoms with Crippen LogP contribution in [0.3, 0.4) is 0 Å². The molecule has 12 rings (SSSR count). The number of furan rings is 1. The van der Waals surface area contributed by atoms with Crippen LogP contribution in [0.5, 0.6) is 0 Å². The molecule has 2 aromatic heterocycles. The van der Waals surface area contributed by atoms with E-state index < -0.39 is 0 Å². The molecule has 7 aromatic carbocycles. The van der Waals surface area contributed by atoms with E-state index in [1.165, 1.54) is 61.8 Å². The molecule has 9 aromatic rings. The monoisotopic (exact) mass is 692 g/mol. The van der Waals surface area contributed by atoms with E-state index in [4.69, 9.17) is 4.42 Å². The molecule has 0 radical (unpaired) electrons. The molecule has 3 aliphatic rings. The van der Waals surface area contributed by atoms with E-state index in [1.807, 2.05) is 6.07 Å². The number of allylic oxidation sites excluding steroid dienone is 2. The Labute approximate surface area is 313 Å². The van der Waals surface area contributed by atoms with E-state index in [9.17, 15) is 0 Å². The number of nitrogens with zero attached hydrogens (tertiary/aromatic N) is 2. The lowest BCUT2D eigenvalue weighted by Crippen LogP contribution is -2.33. The van der Waals surface area contributed by atoms with Gasteiger partial charge in [-0.25, -0.2) is 0 Å². The summed E-state index contributed by atoms with van der Waals surface area (Å²) in [5, 5.41) is 7.49. The van der Waals surface area contributed by atoms with Crippen molar-refractivity contribution >= 4 is 78.0 Å². The summed E-state index contributed by atoms with van der Waals surface area (Å²) in [6.07, 6.45) is 4.94. The third-order valence-electron chi connectivity index (χ3n) is 12.3. The molecule has 0 N–H and O–H groups in total. The van der Waals surface area contributed by atoms with Gasteiger partial charge in [0.15, 0.2) is 0 Å². The van der Waals surface area contributed by atoms with Gasteiger partial charge in [0.1, 0.15) is 11.2 Å². The first-order valence-electron chi connectivity index (χ1n) is 19.2. The van der Waals surface area contributed by atoms with Crippen LogP contribution < -0.4 is 15.3 Å². The largest absolute Gasteiger partial charge is 0.456 e. The zero-order chi connectivity index (χ0) is 35.5. The minimum Gasteiger partial charge on any atom is -0.456 e. The molecule has 2 heterocycles. The molecule has 2 unspecified atom stereocenters. The number of hydrogen-bond donors (Lipinski definition) is 0. The summed E-state index contributed by atoms with van der Waals surface area (Å²) in [7, 11) is 0. The normalized spacial score (nSPS) is 17.2. The molecule has 54 heavy (non-hydrogen) atoms. The smallest absolute Gasteiger partial charge is 0.135 e. The van der Waals surface area contributed by atoms with Crippen LogP contribution in [0, 0.1) is 11.8 Å². The van der Waals surface area contributed by atoms with Gasteiger partial charge in [0.2, 0.25) is 0 Å². The number of anilines is 3. The van der Waals surface area contributed by atoms with Gasteiger partial charge in [0.25, 0.3) is 0 Å². The zero-order valence-electron chi connectivity index (χ0n) is 30.0. The summed E-state index contributed by atoms with van der Waals surface area (Å²) >= 11 is 0. The Morgan fingerprint density at radius 1 is 0.537 bits per heavy atom. The standard InChI is InChI=1S/C51H36N2O/c1-31-19-20-33-27-32-11-5-6-14-38(32)51-42-25-22-35(29-44(42)49(31)50(33)51)52(36-23-26-48-43(28-36)41-16-8-10-18-47(41)54-48)37-21-24-40-39-15-7-9-17-45(39)53(46(40)30-37)34-12-3-2-4-13-34/h2-18,21-31,33H,19-20H2,1H3. The molecule has 0 bridgehead atoms. The van der Waals surface area contributed by atoms with E-state index in [2.05, 4.69) is 174 Å². The summed E-state index contributed by atoms with van der Waals surface area (Å²) in [4.78, 5) is 2.46. The van der Waals surface area contributed by atoms with Crippen molar-refractivity contribution in [2.75, 3.05) is 4.90 Å². The molecule has 0 fully saturated rings. The number of aromatic nitrogens is 1. The predicted molar refractivity (Wildman–Crippen MR) is 224 cm³/mol. The van der Waals surface area contributed by atoms with Crippen molar-refractivity contribution in [3.63, 3.8) is 0 Å². The topological polar surface area (TPSA) is 21.3 Å². The molecule has 0 saturated heterocycles. The van der Waals surface area contributed by atoms with Gasteiger partial charge in [-0.1, -0.05) is 104 Å². The lowest BCUT2D eigenvalue weighted by molar-refractivity contribution is 0.547. The molecule has 256 valence electrons. The van der Waals surface area contributed by atoms with Gasteiger partial charge in [-0.2, -0.15) is 0 Å². The Morgan fingerprint density at radius 3 is 2.17 bits per heavy atom. The second-order valence-corrected chi connectivity index (χ2v) is 15.3. The Balaban J connectivity index is 1.13. The first kappa shape index (κ1) is 29.9. The fourth-order valence-electron chi connectivity index (χ4n) is 9.97. The summed E-state index contributed by atoms with van der Waals surface area (Å²) in [5.41, 5.74) is 16.0. The molecule has 3 heteroatoms. The van der Waals surface area contributed by atoms with Crippen LogP contribution in [0.15, 0.2) is 168 Å². The van der Waals surface area contributed by atoms with E-state index in [1.54, 1.807) is 11.1 Å². The highest BCUT2D eigenvalue weighted by molar-refractivity contribution is 6.11. The zero-order valence-corrected chi connectivity index (χ0v) is 30.0. The summed E-state index contributed by atoms with van der Waals surface area (Å²) in [5.74, 6) is 0.966. The maximum Gasteiger partial charge on any atom is 0.135 e. The van der Waals surface area contributed by atoms with Crippen LogP contribution in [0.1, 0.15) is 30.9 Å². The number of hydrogen-bond acceptors (Lipinski definition) is 2. The first-order chi connectivity index (χ1) is 26.7. The van der Waals surface area contributed by atoms with Crippen LogP contribution in [0.25, 0.3) is 66.7 Å². The molecule has 2 atom stereocenters. The van der Waals surface area contributed by atoms with Crippen molar-refractivity contribution in [3.8, 4) is 5.69 Å². The van der Waals surface area contributed by atoms with Gasteiger partial charge >= 0.3 is 0 Å². The Hall–Kier alpha value is -6.58. The summed E-state index contributed by atoms with van der Waals surface area (Å²) < 4.78 is 8.73. The maximum absolute atomic E-state index is 6.32. The average molecular weight is 693 g/mol. The first-order valence-corrected chi connectivity index (χ1v) is 19.2. The fraction of sp³-hybridized carbons (Fsp3) is 0.0980. The average Bonchev–Trinajstić information content (AvgIpc) is 3.88. The van der Waals surface area contributed by atoms with E-state index in [0.29, 0.717) is 11.8 Å². The lowest BCUT2D eigenvalue weighted by atomic mass is 9.74. The van der Waals surface area contributed by atoms with Crippen molar-refractivity contribution < 1.29 is 4.42 Å². The molecule has 0 aliphatic heterocycles. The molecule has 3 aliphatic carbocycles. The Morgan fingerprint density at radius 2 is 1.24 bits per heavy atom. The third kappa shape index (κ3) is 4.18. The predicted octanol–water partition coefficient (Wildman–Crippen LogP) is 12.0. The quantitative estimate of drug-likeness (QED) is 0.183. The Bertz CT molecular complexity index is 3200. The van der Waals surface area contributed by atoms with Crippen molar-refractivity contribution in [2.45, 2.75) is 19.8 Å². The lowest BCUT2D eigenvalue weighted by Gasteiger charge is -2.30.